The van der Waals surface area contributed by atoms with Crippen LogP contribution in [0, 0.1) is 54.3 Å². The molecule has 0 bridgehead atoms. The molecule has 2 saturated carbocycles. The first-order valence-electron chi connectivity index (χ1n) is 21.4. The molecule has 0 radical (unpaired) electrons. The molecule has 6 aliphatic carbocycles. The van der Waals surface area contributed by atoms with Crippen molar-refractivity contribution in [3.05, 3.63) is 123 Å². The van der Waals surface area contributed by atoms with Crippen LogP contribution in [0.25, 0.3) is 11.5 Å². The molecule has 0 heterocycles. The van der Waals surface area contributed by atoms with E-state index in [1.165, 1.54) is 12.1 Å². The van der Waals surface area contributed by atoms with Crippen LogP contribution in [0.15, 0.2) is 70.2 Å². The second-order valence-electron chi connectivity index (χ2n) is 18.3. The van der Waals surface area contributed by atoms with E-state index in [-0.39, 0.29) is 28.1 Å². The van der Waals surface area contributed by atoms with Gasteiger partial charge in [-0.2, -0.15) is 0 Å². The van der Waals surface area contributed by atoms with E-state index in [9.17, 15) is 79.8 Å². The number of likely N-dealkylation sites (N-methyl/N-ethyl adjacent to an activating group) is 2. The molecule has 12 atom stereocenters. The lowest BCUT2D eigenvalue weighted by atomic mass is 9.54. The number of nitrogens with one attached hydrogen (secondary N) is 2. The number of carbonyl (C=O) groups excluding carboxylic acids is 6. The summed E-state index contributed by atoms with van der Waals surface area (Å²) >= 11 is 0. The molecular weight excluding hydrogens is 981 g/mol. The topological polar surface area (TPSA) is 530 Å². The fourth-order valence-electron chi connectivity index (χ4n) is 11.3. The average molecular weight is 1030 g/mol. The van der Waals surface area contributed by atoms with E-state index >= 15 is 0 Å². The number of primary amides is 2. The van der Waals surface area contributed by atoms with E-state index in [0.717, 1.165) is 0 Å². The molecule has 8 rings (SSSR count). The predicted octanol–water partition coefficient (Wildman–Crippen LogP) is -5.15. The number of benzene rings is 2. The van der Waals surface area contributed by atoms with Crippen molar-refractivity contribution in [3.8, 4) is 11.5 Å². The Labute approximate surface area is 410 Å². The van der Waals surface area contributed by atoms with Crippen LogP contribution in [0.3, 0.4) is 0 Å². The number of phenolic OH excluding ortho intramolecular Hbond substituents is 2. The number of nitrogens with zero attached hydrogens (tertiary/aromatic N) is 2. The summed E-state index contributed by atoms with van der Waals surface area (Å²) < 4.78 is 0. The molecule has 2 amide bonds. The summed E-state index contributed by atoms with van der Waals surface area (Å²) in [7, 11) is 6.17. The fraction of sp³-hybridized carbons (Fsp3) is 0.409. The largest absolute Gasteiger partial charge is 0.508 e. The number of aliphatic hydroxyl groups excluding tert-OH is 6. The van der Waals surface area contributed by atoms with Crippen LogP contribution in [0.1, 0.15) is 47.9 Å². The molecule has 73 heavy (non-hydrogen) atoms. The highest BCUT2D eigenvalue weighted by Gasteiger charge is 2.71. The first-order valence-corrected chi connectivity index (χ1v) is 21.4. The third-order valence-electron chi connectivity index (χ3n) is 14.2. The van der Waals surface area contributed by atoms with Crippen molar-refractivity contribution in [2.75, 3.05) is 28.2 Å². The Morgan fingerprint density at radius 1 is 0.589 bits per heavy atom. The molecule has 29 nitrogen and oxygen atoms in total. The van der Waals surface area contributed by atoms with Crippen LogP contribution in [-0.4, -0.2) is 165 Å². The number of quaternary nitrogens is 2. The van der Waals surface area contributed by atoms with Crippen LogP contribution in [0.2, 0.25) is 0 Å². The first-order chi connectivity index (χ1) is 33.2. The summed E-state index contributed by atoms with van der Waals surface area (Å²) in [5.74, 6) is -17.4. The number of phenols is 2. The standard InChI is InChI=1S/2C22H24N2O8.2NO3.H2O/c2*1-7-8-5-4-6-9(25)11(8)16(26)12-10(7)17(27)14-15(24(2)3)18(28)13(21(23)31)20(30)22(14,32)19(12)29;2*2-1(3)4;/h2*4-7,10,14-15,17,25-27,30,32H,1-3H3,(H2,23,31);;;1H2/q;;2*-1;/p+2/t2*7-,10+,14+,15-,17-,22-;;;/m00.../s1. The zero-order valence-electron chi connectivity index (χ0n) is 39.2. The van der Waals surface area contributed by atoms with Gasteiger partial charge in [-0.25, -0.2) is 0 Å². The zero-order chi connectivity index (χ0) is 54.9. The maximum atomic E-state index is 13.7. The Morgan fingerprint density at radius 2 is 0.863 bits per heavy atom. The Morgan fingerprint density at radius 3 is 1.11 bits per heavy atom. The van der Waals surface area contributed by atoms with Gasteiger partial charge in [0.25, 0.3) is 11.8 Å². The second-order valence-corrected chi connectivity index (χ2v) is 18.3. The molecule has 396 valence electrons. The number of Topliss-reactive ketones (excluding diaryl/α,β-unsaturated/α-hetero) is 4. The van der Waals surface area contributed by atoms with E-state index in [2.05, 4.69) is 0 Å². The molecule has 0 spiro atoms. The van der Waals surface area contributed by atoms with Gasteiger partial charge in [-0.05, 0) is 35.1 Å². The molecule has 0 aromatic heterocycles. The summed E-state index contributed by atoms with van der Waals surface area (Å²) in [5.41, 5.74) is 3.08. The van der Waals surface area contributed by atoms with Crippen LogP contribution >= 0.6 is 0 Å². The molecular formula is C44H52N6O23. The van der Waals surface area contributed by atoms with Crippen molar-refractivity contribution < 1.29 is 105 Å². The van der Waals surface area contributed by atoms with Gasteiger partial charge in [0.1, 0.15) is 45.7 Å². The lowest BCUT2D eigenvalue weighted by Crippen LogP contribution is -3.13. The monoisotopic (exact) mass is 1030 g/mol. The number of amides is 2. The highest BCUT2D eigenvalue weighted by molar-refractivity contribution is 6.25. The number of aliphatic hydroxyl groups is 8. The number of hydrogen-bond donors (Lipinski definition) is 14. The molecule has 29 heteroatoms. The van der Waals surface area contributed by atoms with Gasteiger partial charge in [-0.15, -0.1) is 0 Å². The minimum absolute atomic E-state index is 0. The number of fused-ring (bicyclic) bond motifs is 6. The SMILES string of the molecule is C[C@H]1c2cccc(O)c2C(O)=C2C(=O)[C@]3(O)C(O)=C(C(N)=O)C(=O)[C@@H]([NH+](C)C)[C@@H]3[C@@H](O)[C@@H]21.C[C@H]1c2cccc(O)c2C(O)=C2C(=O)[C@]3(O)C(O)=C(C(N)=O)C(=O)[C@@H]([NH+](C)C)[C@@H]3[C@@H](O)[C@@H]21.O.O=[N+]([O-])[O-].O=[N+]([O-])[O-]. The van der Waals surface area contributed by atoms with Gasteiger partial charge in [0.2, 0.25) is 23.1 Å². The molecule has 0 aliphatic heterocycles. The Hall–Kier alpha value is -8.06. The van der Waals surface area contributed by atoms with Crippen molar-refractivity contribution in [3.63, 3.8) is 0 Å². The normalized spacial score (nSPS) is 30.8. The summed E-state index contributed by atoms with van der Waals surface area (Å²) in [6.07, 6.45) is -3.14. The number of nitrogens with two attached hydrogens (primary N) is 2. The third-order valence-corrected chi connectivity index (χ3v) is 14.2. The van der Waals surface area contributed by atoms with Crippen molar-refractivity contribution in [1.29, 1.82) is 0 Å². The summed E-state index contributed by atoms with van der Waals surface area (Å²) in [6, 6.07) is 6.45. The van der Waals surface area contributed by atoms with Crippen LogP contribution in [0.4, 0.5) is 0 Å². The Kier molecular flexibility index (Phi) is 15.9. The molecule has 2 aromatic rings. The van der Waals surface area contributed by atoms with Crippen LogP contribution in [-0.2, 0) is 28.8 Å². The third kappa shape index (κ3) is 8.70. The smallest absolute Gasteiger partial charge is 0.256 e. The molecule has 18 N–H and O–H groups in total. The van der Waals surface area contributed by atoms with Gasteiger partial charge < -0.3 is 108 Å². The van der Waals surface area contributed by atoms with E-state index < -0.39 is 161 Å². The summed E-state index contributed by atoms with van der Waals surface area (Å²) in [4.78, 5) is 94.6. The maximum absolute atomic E-state index is 13.7. The van der Waals surface area contributed by atoms with Gasteiger partial charge in [0, 0.05) is 23.0 Å². The molecule has 0 unspecified atom stereocenters. The Balaban J connectivity index is 0.000000273. The van der Waals surface area contributed by atoms with E-state index in [4.69, 9.17) is 42.1 Å². The molecule has 2 fully saturated rings. The summed E-state index contributed by atoms with van der Waals surface area (Å²) in [5, 5.41) is 139. The Bertz CT molecular complexity index is 2660. The van der Waals surface area contributed by atoms with Crippen molar-refractivity contribution in [1.82, 2.24) is 0 Å². The van der Waals surface area contributed by atoms with Gasteiger partial charge in [-0.3, -0.25) is 28.8 Å². The average Bonchev–Trinajstić information content (AvgIpc) is 3.25. The highest BCUT2D eigenvalue weighted by Crippen LogP contribution is 2.57. The van der Waals surface area contributed by atoms with Crippen molar-refractivity contribution >= 4 is 46.5 Å². The zero-order valence-corrected chi connectivity index (χ0v) is 39.2. The van der Waals surface area contributed by atoms with Crippen LogP contribution in [0.5, 0.6) is 11.5 Å². The number of hydrogen-bond acceptors (Lipinski definition) is 22. The first kappa shape index (κ1) is 57.5. The minimum Gasteiger partial charge on any atom is -0.508 e. The lowest BCUT2D eigenvalue weighted by Gasteiger charge is -2.52. The van der Waals surface area contributed by atoms with E-state index in [0.29, 0.717) is 20.9 Å². The number of ketones is 4. The number of carbonyl (C=O) groups is 6. The number of rotatable bonds is 4. The highest BCUT2D eigenvalue weighted by atomic mass is 16.9. The molecule has 0 saturated heterocycles. The van der Waals surface area contributed by atoms with Crippen LogP contribution < -0.4 is 21.3 Å². The van der Waals surface area contributed by atoms with Crippen molar-refractivity contribution in [2.24, 2.45) is 35.1 Å². The summed E-state index contributed by atoms with van der Waals surface area (Å²) in [6.45, 7) is 3.37. The molecule has 2 aromatic carbocycles. The number of aromatic hydroxyl groups is 2. The van der Waals surface area contributed by atoms with Gasteiger partial charge in [0.05, 0.1) is 73.5 Å². The maximum Gasteiger partial charge on any atom is 0.256 e. The molecule has 6 aliphatic rings. The quantitative estimate of drug-likeness (QED) is 0.0773. The second kappa shape index (κ2) is 20.2. The van der Waals surface area contributed by atoms with E-state index in [1.54, 1.807) is 66.3 Å². The van der Waals surface area contributed by atoms with Crippen molar-refractivity contribution in [2.45, 2.75) is 61.2 Å². The minimum atomic E-state index is -2.87. The van der Waals surface area contributed by atoms with Gasteiger partial charge in [0.15, 0.2) is 23.3 Å². The predicted molar refractivity (Wildman–Crippen MR) is 243 cm³/mol. The van der Waals surface area contributed by atoms with E-state index in [1.807, 2.05) is 0 Å². The van der Waals surface area contributed by atoms with Gasteiger partial charge >= 0.3 is 0 Å². The lowest BCUT2D eigenvalue weighted by molar-refractivity contribution is -0.881. The van der Waals surface area contributed by atoms with Gasteiger partial charge in [-0.1, -0.05) is 38.1 Å². The fourth-order valence-corrected chi connectivity index (χ4v) is 11.3.